The summed E-state index contributed by atoms with van der Waals surface area (Å²) in [4.78, 5) is 14.5. The van der Waals surface area contributed by atoms with Crippen molar-refractivity contribution < 1.29 is 14.0 Å². The summed E-state index contributed by atoms with van der Waals surface area (Å²) in [5, 5.41) is 0.157. The maximum Gasteiger partial charge on any atom is 0.410 e. The number of hydrogen-bond donors (Lipinski definition) is 0. The molecule has 1 aromatic rings. The summed E-state index contributed by atoms with van der Waals surface area (Å²) < 4.78 is 11.9. The lowest BCUT2D eigenvalue weighted by Gasteiger charge is -2.41. The van der Waals surface area contributed by atoms with Crippen molar-refractivity contribution >= 4 is 14.4 Å². The molecule has 0 radical (unpaired) electrons. The van der Waals surface area contributed by atoms with Crippen LogP contribution in [0.5, 0.6) is 0 Å². The summed E-state index contributed by atoms with van der Waals surface area (Å²) in [6.45, 7) is 16.7. The van der Waals surface area contributed by atoms with Gasteiger partial charge in [-0.3, -0.25) is 4.90 Å². The van der Waals surface area contributed by atoms with Crippen molar-refractivity contribution in [2.24, 2.45) is 0 Å². The third kappa shape index (κ3) is 5.45. The van der Waals surface area contributed by atoms with E-state index in [9.17, 15) is 4.79 Å². The largest absolute Gasteiger partial charge is 0.445 e. The lowest BCUT2D eigenvalue weighted by molar-refractivity contribution is 0.0610. The molecule has 1 saturated heterocycles. The van der Waals surface area contributed by atoms with Crippen LogP contribution in [0.2, 0.25) is 18.1 Å². The first-order chi connectivity index (χ1) is 12.1. The van der Waals surface area contributed by atoms with Crippen LogP contribution in [0, 0.1) is 0 Å². The van der Waals surface area contributed by atoms with E-state index in [4.69, 9.17) is 9.16 Å². The molecule has 5 heteroatoms. The number of carbonyl (C=O) groups is 1. The molecule has 0 unspecified atom stereocenters. The van der Waals surface area contributed by atoms with Crippen molar-refractivity contribution in [3.63, 3.8) is 0 Å². The van der Waals surface area contributed by atoms with Crippen LogP contribution in [0.3, 0.4) is 0 Å². The summed E-state index contributed by atoms with van der Waals surface area (Å²) in [7, 11) is -1.84. The normalized spacial score (nSPS) is 18.7. The van der Waals surface area contributed by atoms with Crippen molar-refractivity contribution in [2.75, 3.05) is 13.2 Å². The molecule has 0 spiro atoms. The lowest BCUT2D eigenvalue weighted by Crippen LogP contribution is -2.50. The van der Waals surface area contributed by atoms with Gasteiger partial charge >= 0.3 is 6.09 Å². The zero-order valence-electron chi connectivity index (χ0n) is 16.9. The number of ether oxygens (including phenoxy) is 1. The molecule has 0 saturated carbocycles. The van der Waals surface area contributed by atoms with Gasteiger partial charge in [0.05, 0.1) is 12.6 Å². The van der Waals surface area contributed by atoms with E-state index in [1.807, 2.05) is 30.3 Å². The van der Waals surface area contributed by atoms with Crippen LogP contribution >= 0.6 is 0 Å². The maximum absolute atomic E-state index is 12.7. The molecule has 1 atom stereocenters. The van der Waals surface area contributed by atoms with Gasteiger partial charge in [0.1, 0.15) is 6.61 Å². The van der Waals surface area contributed by atoms with E-state index in [-0.39, 0.29) is 17.2 Å². The standard InChI is InChI=1S/C21H33NO3Si/c1-17-12-13-19(16-25-26(5,6)21(2,3)4)22(14-17)20(23)24-15-18-10-8-7-9-11-18/h7-11,19H,1,12-16H2,2-6H3/t19-/m0/s1. The molecular formula is C21H33NO3Si. The van der Waals surface area contributed by atoms with Crippen LogP contribution < -0.4 is 0 Å². The van der Waals surface area contributed by atoms with Gasteiger partial charge in [0.25, 0.3) is 0 Å². The predicted octanol–water partition coefficient (Wildman–Crippen LogP) is 5.37. The SMILES string of the molecule is C=C1CC[C@@H](CO[Si](C)(C)C(C)(C)C)N(C(=O)OCc2ccccc2)C1. The van der Waals surface area contributed by atoms with Crippen molar-refractivity contribution in [1.29, 1.82) is 0 Å². The number of rotatable bonds is 5. The van der Waals surface area contributed by atoms with E-state index >= 15 is 0 Å². The summed E-state index contributed by atoms with van der Waals surface area (Å²) in [5.74, 6) is 0. The Kier molecular flexibility index (Phi) is 6.69. The van der Waals surface area contributed by atoms with Crippen LogP contribution in [0.25, 0.3) is 0 Å². The van der Waals surface area contributed by atoms with E-state index in [0.717, 1.165) is 24.0 Å². The molecular weight excluding hydrogens is 342 g/mol. The van der Waals surface area contributed by atoms with Crippen LogP contribution in [0.4, 0.5) is 4.79 Å². The minimum Gasteiger partial charge on any atom is -0.445 e. The van der Waals surface area contributed by atoms with Crippen molar-refractivity contribution in [3.8, 4) is 0 Å². The van der Waals surface area contributed by atoms with Crippen LogP contribution in [-0.4, -0.2) is 38.5 Å². The average molecular weight is 376 g/mol. The Bertz CT molecular complexity index is 622. The second-order valence-corrected chi connectivity index (χ2v) is 13.5. The summed E-state index contributed by atoms with van der Waals surface area (Å²) >= 11 is 0. The minimum atomic E-state index is -1.84. The Balaban J connectivity index is 1.98. The van der Waals surface area contributed by atoms with Gasteiger partial charge in [-0.25, -0.2) is 4.79 Å². The number of nitrogens with zero attached hydrogens (tertiary/aromatic N) is 1. The maximum atomic E-state index is 12.7. The summed E-state index contributed by atoms with van der Waals surface area (Å²) in [6.07, 6.45) is 1.54. The molecule has 1 aromatic carbocycles. The molecule has 1 aliphatic heterocycles. The summed E-state index contributed by atoms with van der Waals surface area (Å²) in [5.41, 5.74) is 2.07. The van der Waals surface area contributed by atoms with E-state index < -0.39 is 8.32 Å². The monoisotopic (exact) mass is 375 g/mol. The van der Waals surface area contributed by atoms with Gasteiger partial charge in [0.15, 0.2) is 8.32 Å². The number of piperidine rings is 1. The zero-order valence-corrected chi connectivity index (χ0v) is 17.9. The first kappa shape index (κ1) is 20.7. The van der Waals surface area contributed by atoms with E-state index in [1.54, 1.807) is 4.90 Å². The molecule has 144 valence electrons. The van der Waals surface area contributed by atoms with E-state index in [2.05, 4.69) is 40.4 Å². The predicted molar refractivity (Wildman–Crippen MR) is 109 cm³/mol. The van der Waals surface area contributed by atoms with Gasteiger partial charge in [0.2, 0.25) is 0 Å². The fourth-order valence-corrected chi connectivity index (χ4v) is 3.73. The van der Waals surface area contributed by atoms with Gasteiger partial charge in [-0.15, -0.1) is 0 Å². The van der Waals surface area contributed by atoms with Gasteiger partial charge in [-0.1, -0.05) is 63.3 Å². The average Bonchev–Trinajstić information content (AvgIpc) is 2.58. The highest BCUT2D eigenvalue weighted by molar-refractivity contribution is 6.74. The molecule has 1 amide bonds. The molecule has 0 N–H and O–H groups in total. The van der Waals surface area contributed by atoms with Gasteiger partial charge < -0.3 is 9.16 Å². The Hall–Kier alpha value is -1.59. The quantitative estimate of drug-likeness (QED) is 0.513. The zero-order chi connectivity index (χ0) is 19.4. The Morgan fingerprint density at radius 3 is 2.54 bits per heavy atom. The second kappa shape index (κ2) is 8.40. The van der Waals surface area contributed by atoms with Crippen molar-refractivity contribution in [2.45, 2.75) is 64.4 Å². The molecule has 1 heterocycles. The number of carbonyl (C=O) groups excluding carboxylic acids is 1. The first-order valence-electron chi connectivity index (χ1n) is 9.38. The molecule has 1 aliphatic rings. The van der Waals surface area contributed by atoms with Crippen molar-refractivity contribution in [3.05, 3.63) is 48.0 Å². The second-order valence-electron chi connectivity index (χ2n) is 8.68. The third-order valence-corrected chi connectivity index (χ3v) is 10.0. The van der Waals surface area contributed by atoms with Crippen LogP contribution in [-0.2, 0) is 15.8 Å². The molecule has 26 heavy (non-hydrogen) atoms. The fourth-order valence-electron chi connectivity index (χ4n) is 2.69. The minimum absolute atomic E-state index is 0.0536. The molecule has 0 bridgehead atoms. The molecule has 1 fully saturated rings. The molecule has 4 nitrogen and oxygen atoms in total. The van der Waals surface area contributed by atoms with E-state index in [0.29, 0.717) is 19.8 Å². The number of hydrogen-bond acceptors (Lipinski definition) is 3. The van der Waals surface area contributed by atoms with Crippen LogP contribution in [0.1, 0.15) is 39.2 Å². The Morgan fingerprint density at radius 1 is 1.27 bits per heavy atom. The summed E-state index contributed by atoms with van der Waals surface area (Å²) in [6, 6.07) is 9.82. The number of likely N-dealkylation sites (tertiary alicyclic amines) is 1. The first-order valence-corrected chi connectivity index (χ1v) is 12.3. The van der Waals surface area contributed by atoms with E-state index in [1.165, 1.54) is 0 Å². The Labute approximate surface area is 159 Å². The molecule has 0 aromatic heterocycles. The molecule has 2 rings (SSSR count). The molecule has 0 aliphatic carbocycles. The number of amides is 1. The third-order valence-electron chi connectivity index (χ3n) is 5.55. The van der Waals surface area contributed by atoms with Crippen molar-refractivity contribution in [1.82, 2.24) is 4.90 Å². The lowest BCUT2D eigenvalue weighted by atomic mass is 10.00. The Morgan fingerprint density at radius 2 is 1.92 bits per heavy atom. The van der Waals surface area contributed by atoms with Gasteiger partial charge in [-0.05, 0) is 36.5 Å². The highest BCUT2D eigenvalue weighted by atomic mass is 28.4. The topological polar surface area (TPSA) is 38.8 Å². The van der Waals surface area contributed by atoms with Gasteiger partial charge in [-0.2, -0.15) is 0 Å². The highest BCUT2D eigenvalue weighted by Crippen LogP contribution is 2.37. The van der Waals surface area contributed by atoms with Crippen LogP contribution in [0.15, 0.2) is 42.5 Å². The highest BCUT2D eigenvalue weighted by Gasteiger charge is 2.39. The van der Waals surface area contributed by atoms with Gasteiger partial charge in [0, 0.05) is 6.54 Å². The smallest absolute Gasteiger partial charge is 0.410 e. The fraction of sp³-hybridized carbons (Fsp3) is 0.571. The number of benzene rings is 1.